The van der Waals surface area contributed by atoms with Crippen LogP contribution >= 0.6 is 35.6 Å². The summed E-state index contributed by atoms with van der Waals surface area (Å²) in [5.41, 5.74) is 1.19. The SMILES string of the molecule is CN=C(NCCOc1cccc(C)c1)NC1CCN(c2ncccc2Cl)C1.I. The number of aliphatic imine (C=N–C) groups is 1. The van der Waals surface area contributed by atoms with Gasteiger partial charge in [0.25, 0.3) is 0 Å². The highest BCUT2D eigenvalue weighted by atomic mass is 127. The molecule has 0 radical (unpaired) electrons. The molecule has 3 rings (SSSR count). The van der Waals surface area contributed by atoms with Gasteiger partial charge in [-0.05, 0) is 43.2 Å². The maximum absolute atomic E-state index is 6.26. The lowest BCUT2D eigenvalue weighted by atomic mass is 10.2. The predicted octanol–water partition coefficient (Wildman–Crippen LogP) is 3.48. The van der Waals surface area contributed by atoms with Crippen LogP contribution in [0, 0.1) is 6.92 Å². The van der Waals surface area contributed by atoms with Crippen LogP contribution < -0.4 is 20.3 Å². The number of pyridine rings is 1. The molecule has 1 aliphatic rings. The Morgan fingerprint density at radius 1 is 1.36 bits per heavy atom. The van der Waals surface area contributed by atoms with Gasteiger partial charge in [-0.2, -0.15) is 0 Å². The summed E-state index contributed by atoms with van der Waals surface area (Å²) in [6.45, 7) is 5.07. The first-order valence-electron chi connectivity index (χ1n) is 9.18. The standard InChI is InChI=1S/C20H26ClN5O.HI/c1-15-5-3-6-17(13-15)27-12-10-24-20(22-2)25-16-8-11-26(14-16)19-18(21)7-4-9-23-19;/h3-7,9,13,16H,8,10-12,14H2,1-2H3,(H2,22,24,25);1H. The molecule has 8 heteroatoms. The topological polar surface area (TPSA) is 61.8 Å². The molecule has 2 aromatic rings. The molecule has 1 unspecified atom stereocenters. The van der Waals surface area contributed by atoms with Gasteiger partial charge >= 0.3 is 0 Å². The molecule has 0 bridgehead atoms. The predicted molar refractivity (Wildman–Crippen MR) is 126 cm³/mol. The molecule has 0 saturated carbocycles. The second-order valence-electron chi connectivity index (χ2n) is 6.55. The summed E-state index contributed by atoms with van der Waals surface area (Å²) in [6, 6.07) is 12.1. The van der Waals surface area contributed by atoms with Crippen LogP contribution in [0.25, 0.3) is 0 Å². The first kappa shape index (κ1) is 22.5. The maximum atomic E-state index is 6.26. The minimum atomic E-state index is 0. The Labute approximate surface area is 188 Å². The van der Waals surface area contributed by atoms with Crippen LogP contribution in [0.2, 0.25) is 5.02 Å². The van der Waals surface area contributed by atoms with Crippen molar-refractivity contribution in [1.82, 2.24) is 15.6 Å². The van der Waals surface area contributed by atoms with E-state index >= 15 is 0 Å². The average Bonchev–Trinajstić information content (AvgIpc) is 3.13. The number of halogens is 2. The molecule has 0 aliphatic carbocycles. The summed E-state index contributed by atoms with van der Waals surface area (Å²) in [6.07, 6.45) is 2.78. The first-order valence-corrected chi connectivity index (χ1v) is 9.55. The van der Waals surface area contributed by atoms with Crippen molar-refractivity contribution >= 4 is 47.4 Å². The third kappa shape index (κ3) is 6.41. The number of hydrogen-bond donors (Lipinski definition) is 2. The van der Waals surface area contributed by atoms with Crippen molar-refractivity contribution in [2.45, 2.75) is 19.4 Å². The van der Waals surface area contributed by atoms with Crippen LogP contribution in [0.15, 0.2) is 47.6 Å². The number of nitrogens with one attached hydrogen (secondary N) is 2. The highest BCUT2D eigenvalue weighted by Crippen LogP contribution is 2.25. The Hall–Kier alpha value is -1.74. The van der Waals surface area contributed by atoms with Gasteiger partial charge < -0.3 is 20.3 Å². The highest BCUT2D eigenvalue weighted by Gasteiger charge is 2.25. The number of aromatic nitrogens is 1. The summed E-state index contributed by atoms with van der Waals surface area (Å²) in [5.74, 6) is 2.51. The van der Waals surface area contributed by atoms with Gasteiger partial charge in [-0.15, -0.1) is 24.0 Å². The van der Waals surface area contributed by atoms with E-state index in [1.807, 2.05) is 30.3 Å². The van der Waals surface area contributed by atoms with Gasteiger partial charge in [0.15, 0.2) is 5.96 Å². The molecule has 1 atom stereocenters. The van der Waals surface area contributed by atoms with E-state index in [1.165, 1.54) is 5.56 Å². The molecule has 1 fully saturated rings. The van der Waals surface area contributed by atoms with Crippen molar-refractivity contribution in [3.8, 4) is 5.75 Å². The molecule has 0 amide bonds. The fourth-order valence-corrected chi connectivity index (χ4v) is 3.35. The van der Waals surface area contributed by atoms with E-state index in [1.54, 1.807) is 13.2 Å². The van der Waals surface area contributed by atoms with Crippen molar-refractivity contribution in [1.29, 1.82) is 0 Å². The number of ether oxygens (including phenoxy) is 1. The number of anilines is 1. The number of rotatable bonds is 6. The van der Waals surface area contributed by atoms with Crippen LogP contribution in [0.4, 0.5) is 5.82 Å². The van der Waals surface area contributed by atoms with Crippen molar-refractivity contribution in [2.24, 2.45) is 4.99 Å². The van der Waals surface area contributed by atoms with Gasteiger partial charge in [-0.1, -0.05) is 23.7 Å². The molecule has 0 spiro atoms. The van der Waals surface area contributed by atoms with Crippen LogP contribution in [0.1, 0.15) is 12.0 Å². The fourth-order valence-electron chi connectivity index (χ4n) is 3.11. The summed E-state index contributed by atoms with van der Waals surface area (Å²) in [7, 11) is 1.78. The molecule has 6 nitrogen and oxygen atoms in total. The van der Waals surface area contributed by atoms with Crippen molar-refractivity contribution in [3.05, 3.63) is 53.2 Å². The molecule has 28 heavy (non-hydrogen) atoms. The Morgan fingerprint density at radius 3 is 2.96 bits per heavy atom. The van der Waals surface area contributed by atoms with E-state index in [2.05, 4.69) is 38.5 Å². The summed E-state index contributed by atoms with van der Waals surface area (Å²) in [5, 5.41) is 7.45. The van der Waals surface area contributed by atoms with Crippen molar-refractivity contribution in [2.75, 3.05) is 38.2 Å². The lowest BCUT2D eigenvalue weighted by Crippen LogP contribution is -2.45. The third-order valence-corrected chi connectivity index (χ3v) is 4.74. The lowest BCUT2D eigenvalue weighted by Gasteiger charge is -2.20. The molecule has 1 aromatic heterocycles. The van der Waals surface area contributed by atoms with Gasteiger partial charge in [0.1, 0.15) is 18.2 Å². The minimum absolute atomic E-state index is 0. The van der Waals surface area contributed by atoms with Crippen LogP contribution in [-0.4, -0.2) is 50.3 Å². The Bertz CT molecular complexity index is 789. The van der Waals surface area contributed by atoms with Crippen molar-refractivity contribution < 1.29 is 4.74 Å². The monoisotopic (exact) mass is 515 g/mol. The van der Waals surface area contributed by atoms with Crippen LogP contribution in [0.5, 0.6) is 5.75 Å². The molecule has 152 valence electrons. The van der Waals surface area contributed by atoms with Gasteiger partial charge in [-0.25, -0.2) is 4.98 Å². The Morgan fingerprint density at radius 2 is 2.21 bits per heavy atom. The molecule has 2 N–H and O–H groups in total. The molecule has 1 aromatic carbocycles. The van der Waals surface area contributed by atoms with E-state index in [9.17, 15) is 0 Å². The summed E-state index contributed by atoms with van der Waals surface area (Å²) >= 11 is 6.26. The van der Waals surface area contributed by atoms with E-state index in [4.69, 9.17) is 16.3 Å². The third-order valence-electron chi connectivity index (χ3n) is 4.44. The van der Waals surface area contributed by atoms with Crippen LogP contribution in [0.3, 0.4) is 0 Å². The average molecular weight is 516 g/mol. The van der Waals surface area contributed by atoms with Gasteiger partial charge in [0.2, 0.25) is 0 Å². The molecular weight excluding hydrogens is 489 g/mol. The zero-order valence-corrected chi connectivity index (χ0v) is 19.3. The van der Waals surface area contributed by atoms with Crippen LogP contribution in [-0.2, 0) is 0 Å². The second kappa shape index (κ2) is 11.3. The number of guanidine groups is 1. The number of hydrogen-bond acceptors (Lipinski definition) is 4. The smallest absolute Gasteiger partial charge is 0.191 e. The summed E-state index contributed by atoms with van der Waals surface area (Å²) in [4.78, 5) is 10.9. The molecular formula is C20H27ClIN5O. The lowest BCUT2D eigenvalue weighted by molar-refractivity contribution is 0.321. The second-order valence-corrected chi connectivity index (χ2v) is 6.96. The zero-order chi connectivity index (χ0) is 19.1. The molecule has 1 saturated heterocycles. The normalized spacial score (nSPS) is 16.5. The van der Waals surface area contributed by atoms with Gasteiger partial charge in [0, 0.05) is 32.4 Å². The Balaban J connectivity index is 0.00000280. The molecule has 1 aliphatic heterocycles. The fraction of sp³-hybridized carbons (Fsp3) is 0.400. The van der Waals surface area contributed by atoms with Gasteiger partial charge in [0.05, 0.1) is 11.6 Å². The maximum Gasteiger partial charge on any atom is 0.191 e. The number of aryl methyl sites for hydroxylation is 1. The Kier molecular flexibility index (Phi) is 9.11. The first-order chi connectivity index (χ1) is 13.2. The van der Waals surface area contributed by atoms with E-state index in [-0.39, 0.29) is 24.0 Å². The quantitative estimate of drug-likeness (QED) is 0.267. The van der Waals surface area contributed by atoms with Crippen molar-refractivity contribution in [3.63, 3.8) is 0 Å². The van der Waals surface area contributed by atoms with E-state index in [0.717, 1.165) is 37.0 Å². The minimum Gasteiger partial charge on any atom is -0.492 e. The number of nitrogens with zero attached hydrogens (tertiary/aromatic N) is 3. The van der Waals surface area contributed by atoms with E-state index in [0.29, 0.717) is 24.2 Å². The van der Waals surface area contributed by atoms with Gasteiger partial charge in [-0.3, -0.25) is 4.99 Å². The largest absolute Gasteiger partial charge is 0.492 e. The zero-order valence-electron chi connectivity index (χ0n) is 16.2. The highest BCUT2D eigenvalue weighted by molar-refractivity contribution is 14.0. The number of benzene rings is 1. The molecule has 2 heterocycles. The summed E-state index contributed by atoms with van der Waals surface area (Å²) < 4.78 is 5.76. The van der Waals surface area contributed by atoms with E-state index < -0.39 is 0 Å².